The molecular formula is C20H31N5O3S. The van der Waals surface area contributed by atoms with Crippen LogP contribution < -0.4 is 22.1 Å². The van der Waals surface area contributed by atoms with Crippen LogP contribution in [0.4, 0.5) is 5.69 Å². The van der Waals surface area contributed by atoms with Gasteiger partial charge in [0, 0.05) is 18.2 Å². The predicted molar refractivity (Wildman–Crippen MR) is 115 cm³/mol. The van der Waals surface area contributed by atoms with Crippen molar-refractivity contribution in [3.05, 3.63) is 36.2 Å². The van der Waals surface area contributed by atoms with Gasteiger partial charge < -0.3 is 21.1 Å². The fraction of sp³-hybridized carbons (Fsp3) is 0.550. The van der Waals surface area contributed by atoms with Crippen molar-refractivity contribution in [3.63, 3.8) is 0 Å². The maximum atomic E-state index is 12.8. The number of nitrogens with one attached hydrogen (secondary N) is 2. The van der Waals surface area contributed by atoms with Gasteiger partial charge in [0.25, 0.3) is 0 Å². The number of sulfone groups is 1. The molecule has 0 bridgehead atoms. The van der Waals surface area contributed by atoms with Crippen LogP contribution in [-0.4, -0.2) is 38.4 Å². The number of amidine groups is 1. The van der Waals surface area contributed by atoms with Gasteiger partial charge in [-0.3, -0.25) is 5.73 Å². The molecule has 1 unspecified atom stereocenters. The van der Waals surface area contributed by atoms with E-state index in [0.717, 1.165) is 25.7 Å². The maximum absolute atomic E-state index is 12.8. The van der Waals surface area contributed by atoms with Crippen LogP contribution in [0.1, 0.15) is 39.5 Å². The Hall–Kier alpha value is -2.10. The number of ether oxygens (including phenoxy) is 1. The minimum absolute atomic E-state index is 0.114. The van der Waals surface area contributed by atoms with Gasteiger partial charge in [-0.15, -0.1) is 0 Å². The van der Waals surface area contributed by atoms with Gasteiger partial charge in [0.05, 0.1) is 22.9 Å². The Morgan fingerprint density at radius 3 is 2.52 bits per heavy atom. The molecule has 0 aromatic heterocycles. The van der Waals surface area contributed by atoms with E-state index in [1.807, 2.05) is 0 Å². The molecule has 3 rings (SSSR count). The summed E-state index contributed by atoms with van der Waals surface area (Å²) in [6, 6.07) is 6.99. The number of anilines is 1. The molecule has 0 spiro atoms. The second kappa shape index (κ2) is 8.33. The Morgan fingerprint density at radius 1 is 1.24 bits per heavy atom. The number of methoxy groups -OCH3 is 1. The summed E-state index contributed by atoms with van der Waals surface area (Å²) >= 11 is 0. The summed E-state index contributed by atoms with van der Waals surface area (Å²) in [6.07, 6.45) is 5.23. The third kappa shape index (κ3) is 4.41. The zero-order chi connectivity index (χ0) is 21.2. The van der Waals surface area contributed by atoms with Crippen molar-refractivity contribution < 1.29 is 13.2 Å². The lowest BCUT2D eigenvalue weighted by Crippen LogP contribution is -2.59. The summed E-state index contributed by atoms with van der Waals surface area (Å²) in [7, 11) is -1.94. The van der Waals surface area contributed by atoms with Crippen molar-refractivity contribution in [1.29, 1.82) is 0 Å². The zero-order valence-electron chi connectivity index (χ0n) is 17.2. The summed E-state index contributed by atoms with van der Waals surface area (Å²) in [4.78, 5) is 4.94. The van der Waals surface area contributed by atoms with E-state index in [-0.39, 0.29) is 16.9 Å². The summed E-state index contributed by atoms with van der Waals surface area (Å²) in [6.45, 7) is 3.32. The van der Waals surface area contributed by atoms with E-state index in [4.69, 9.17) is 21.2 Å². The van der Waals surface area contributed by atoms with Crippen LogP contribution in [0.5, 0.6) is 0 Å². The van der Waals surface area contributed by atoms with E-state index >= 15 is 0 Å². The number of benzene rings is 1. The lowest BCUT2D eigenvalue weighted by molar-refractivity contribution is 0.173. The molecule has 2 aliphatic rings. The van der Waals surface area contributed by atoms with Crippen molar-refractivity contribution in [3.8, 4) is 0 Å². The molecule has 8 nitrogen and oxygen atoms in total. The fourth-order valence-electron chi connectivity index (χ4n) is 3.73. The van der Waals surface area contributed by atoms with Crippen LogP contribution in [0.2, 0.25) is 0 Å². The number of hydrogen-bond acceptors (Lipinski definition) is 8. The van der Waals surface area contributed by atoms with E-state index in [1.165, 1.54) is 7.11 Å². The van der Waals surface area contributed by atoms with Gasteiger partial charge in [0.15, 0.2) is 27.2 Å². The van der Waals surface area contributed by atoms with Gasteiger partial charge >= 0.3 is 0 Å². The van der Waals surface area contributed by atoms with Crippen LogP contribution in [0.3, 0.4) is 0 Å². The van der Waals surface area contributed by atoms with Gasteiger partial charge in [-0.2, -0.15) is 0 Å². The van der Waals surface area contributed by atoms with Crippen LogP contribution in [0.25, 0.3) is 0 Å². The first-order chi connectivity index (χ1) is 13.7. The molecule has 1 atom stereocenters. The van der Waals surface area contributed by atoms with Crippen LogP contribution in [-0.2, 0) is 14.6 Å². The minimum Gasteiger partial charge on any atom is -0.491 e. The topological polar surface area (TPSA) is 132 Å². The van der Waals surface area contributed by atoms with Crippen molar-refractivity contribution in [1.82, 2.24) is 5.32 Å². The molecule has 1 heterocycles. The highest BCUT2D eigenvalue weighted by atomic mass is 32.2. The average Bonchev–Trinajstić information content (AvgIpc) is 2.69. The third-order valence-electron chi connectivity index (χ3n) is 5.65. The van der Waals surface area contributed by atoms with E-state index < -0.39 is 20.9 Å². The van der Waals surface area contributed by atoms with Gasteiger partial charge in [0.1, 0.15) is 0 Å². The highest BCUT2D eigenvalue weighted by Crippen LogP contribution is 2.33. The number of para-hydroxylation sites is 1. The maximum Gasteiger partial charge on any atom is 0.187 e. The zero-order valence-corrected chi connectivity index (χ0v) is 18.0. The highest BCUT2D eigenvalue weighted by molar-refractivity contribution is 7.92. The molecule has 1 fully saturated rings. The average molecular weight is 422 g/mol. The van der Waals surface area contributed by atoms with Gasteiger partial charge in [-0.1, -0.05) is 12.1 Å². The lowest BCUT2D eigenvalue weighted by Gasteiger charge is -2.40. The number of hydrogen-bond donors (Lipinski definition) is 4. The standard InChI is InChI=1S/C20H31N5O3S/c1-13(2)29(26,27)18-7-5-4-6-16(18)24-19-17(28-3)12-23-20(22,25-19)14-8-10-15(21)11-9-14/h4-7,12-15,23H,8-11,21-22H2,1-3H3,(H,24,25)/t14-,15-,20?. The van der Waals surface area contributed by atoms with Gasteiger partial charge in [0.2, 0.25) is 0 Å². The molecule has 0 radical (unpaired) electrons. The number of nitrogens with zero attached hydrogens (tertiary/aromatic N) is 1. The van der Waals surface area contributed by atoms with Crippen LogP contribution >= 0.6 is 0 Å². The van der Waals surface area contributed by atoms with Crippen molar-refractivity contribution >= 4 is 21.4 Å². The molecule has 160 valence electrons. The Morgan fingerprint density at radius 2 is 1.90 bits per heavy atom. The first-order valence-corrected chi connectivity index (χ1v) is 11.5. The molecule has 1 aromatic rings. The summed E-state index contributed by atoms with van der Waals surface area (Å²) < 4.78 is 31.0. The number of rotatable bonds is 5. The predicted octanol–water partition coefficient (Wildman–Crippen LogP) is 1.90. The number of aliphatic imine (C=N–C) groups is 1. The summed E-state index contributed by atoms with van der Waals surface area (Å²) in [5.74, 6) is -0.0372. The van der Waals surface area contributed by atoms with E-state index in [9.17, 15) is 8.42 Å². The Bertz CT molecular complexity index is 904. The van der Waals surface area contributed by atoms with Crippen molar-refractivity contribution in [2.24, 2.45) is 22.4 Å². The fourth-order valence-corrected chi connectivity index (χ4v) is 4.94. The second-order valence-corrected chi connectivity index (χ2v) is 10.4. The quantitative estimate of drug-likeness (QED) is 0.571. The highest BCUT2D eigenvalue weighted by Gasteiger charge is 2.39. The third-order valence-corrected chi connectivity index (χ3v) is 7.86. The van der Waals surface area contributed by atoms with Gasteiger partial charge in [-0.25, -0.2) is 13.4 Å². The second-order valence-electron chi connectivity index (χ2n) is 7.97. The molecule has 6 N–H and O–H groups in total. The molecule has 1 aliphatic heterocycles. The molecule has 1 aliphatic carbocycles. The van der Waals surface area contributed by atoms with E-state index in [2.05, 4.69) is 10.6 Å². The molecule has 1 aromatic carbocycles. The first kappa shape index (κ1) is 21.6. The first-order valence-electron chi connectivity index (χ1n) is 9.94. The molecular weight excluding hydrogens is 390 g/mol. The lowest BCUT2D eigenvalue weighted by atomic mass is 9.82. The van der Waals surface area contributed by atoms with Crippen LogP contribution in [0, 0.1) is 5.92 Å². The Balaban J connectivity index is 1.94. The minimum atomic E-state index is -3.48. The number of nitrogens with two attached hydrogens (primary N) is 2. The van der Waals surface area contributed by atoms with E-state index in [1.54, 1.807) is 44.3 Å². The smallest absolute Gasteiger partial charge is 0.187 e. The molecule has 9 heteroatoms. The summed E-state index contributed by atoms with van der Waals surface area (Å²) in [5.41, 5.74) is 13.1. The monoisotopic (exact) mass is 421 g/mol. The molecule has 1 saturated carbocycles. The summed E-state index contributed by atoms with van der Waals surface area (Å²) in [5, 5.41) is 5.77. The Labute approximate surface area is 172 Å². The molecule has 0 saturated heterocycles. The molecule has 29 heavy (non-hydrogen) atoms. The van der Waals surface area contributed by atoms with E-state index in [0.29, 0.717) is 17.3 Å². The van der Waals surface area contributed by atoms with Crippen molar-refractivity contribution in [2.45, 2.75) is 61.5 Å². The molecule has 0 amide bonds. The normalized spacial score (nSPS) is 27.7. The SMILES string of the molecule is COC1=CNC(N)([C@H]2CC[C@H](N)CC2)N=C1Nc1ccccc1S(=O)(=O)C(C)C. The van der Waals surface area contributed by atoms with Crippen molar-refractivity contribution in [2.75, 3.05) is 12.4 Å². The van der Waals surface area contributed by atoms with Crippen LogP contribution in [0.15, 0.2) is 46.1 Å². The largest absolute Gasteiger partial charge is 0.491 e. The Kier molecular flexibility index (Phi) is 6.21. The van der Waals surface area contributed by atoms with Gasteiger partial charge in [-0.05, 0) is 51.7 Å².